The van der Waals surface area contributed by atoms with E-state index >= 15 is 0 Å². The Bertz CT molecular complexity index is 374. The van der Waals surface area contributed by atoms with E-state index in [4.69, 9.17) is 0 Å². The third-order valence-electron chi connectivity index (χ3n) is 2.96. The fourth-order valence-corrected chi connectivity index (χ4v) is 1.83. The molecule has 0 heterocycles. The van der Waals surface area contributed by atoms with Crippen molar-refractivity contribution in [1.82, 2.24) is 5.32 Å². The molecule has 1 aromatic carbocycles. The Morgan fingerprint density at radius 1 is 1.06 bits per heavy atom. The van der Waals surface area contributed by atoms with Gasteiger partial charge in [0.1, 0.15) is 0 Å². The van der Waals surface area contributed by atoms with Crippen LogP contribution < -0.4 is 5.32 Å². The molecule has 0 fully saturated rings. The number of rotatable bonds is 3. The molecule has 1 unspecified atom stereocenters. The lowest BCUT2D eigenvalue weighted by atomic mass is 9.86. The molecule has 0 saturated heterocycles. The van der Waals surface area contributed by atoms with E-state index in [0.29, 0.717) is 5.56 Å². The second-order valence-electron chi connectivity index (χ2n) is 5.53. The molecule has 0 bridgehead atoms. The lowest BCUT2D eigenvalue weighted by molar-refractivity contribution is -0.140. The van der Waals surface area contributed by atoms with Crippen LogP contribution in [0.2, 0.25) is 0 Å². The summed E-state index contributed by atoms with van der Waals surface area (Å²) in [7, 11) is 1.55. The highest BCUT2D eigenvalue weighted by Crippen LogP contribution is 2.30. The summed E-state index contributed by atoms with van der Waals surface area (Å²) in [6.07, 6.45) is -5.01. The van der Waals surface area contributed by atoms with Gasteiger partial charge in [0.05, 0.1) is 6.42 Å². The van der Waals surface area contributed by atoms with Gasteiger partial charge < -0.3 is 5.32 Å². The summed E-state index contributed by atoms with van der Waals surface area (Å²) in [5, 5.41) is 2.71. The largest absolute Gasteiger partial charge is 0.390 e. The molecule has 1 nitrogen and oxygen atoms in total. The number of alkyl halides is 3. The zero-order valence-corrected chi connectivity index (χ0v) is 11.2. The number of hydrogen-bond acceptors (Lipinski definition) is 1. The smallest absolute Gasteiger partial charge is 0.313 e. The van der Waals surface area contributed by atoms with Crippen molar-refractivity contribution >= 4 is 0 Å². The Kier molecular flexibility index (Phi) is 4.43. The molecule has 0 saturated carbocycles. The Morgan fingerprint density at radius 2 is 1.56 bits per heavy atom. The highest BCUT2D eigenvalue weighted by atomic mass is 19.4. The molecule has 1 atom stereocenters. The van der Waals surface area contributed by atoms with Gasteiger partial charge in [0.15, 0.2) is 0 Å². The van der Waals surface area contributed by atoms with Gasteiger partial charge in [-0.1, -0.05) is 45.0 Å². The molecule has 1 N–H and O–H groups in total. The maximum atomic E-state index is 12.4. The van der Waals surface area contributed by atoms with Crippen molar-refractivity contribution in [1.29, 1.82) is 0 Å². The second kappa shape index (κ2) is 5.31. The summed E-state index contributed by atoms with van der Waals surface area (Å²) in [5.74, 6) is 0. The number of nitrogens with one attached hydrogen (secondary N) is 1. The zero-order chi connectivity index (χ0) is 14.0. The Balaban J connectivity index is 2.89. The van der Waals surface area contributed by atoms with Gasteiger partial charge in [-0.05, 0) is 23.6 Å². The quantitative estimate of drug-likeness (QED) is 0.858. The van der Waals surface area contributed by atoms with E-state index in [0.717, 1.165) is 5.56 Å². The average Bonchev–Trinajstić information content (AvgIpc) is 2.24. The van der Waals surface area contributed by atoms with Gasteiger partial charge in [-0.25, -0.2) is 0 Å². The predicted octanol–water partition coefficient (Wildman–Crippen LogP) is 4.20. The molecule has 102 valence electrons. The molecular formula is C14H20F3N. The lowest BCUT2D eigenvalue weighted by Gasteiger charge is -2.22. The SMILES string of the molecule is CNC(CC(F)(F)F)c1ccc(C(C)(C)C)cc1. The topological polar surface area (TPSA) is 12.0 Å². The van der Waals surface area contributed by atoms with Crippen molar-refractivity contribution in [3.63, 3.8) is 0 Å². The first-order chi connectivity index (χ1) is 8.13. The molecule has 0 aromatic heterocycles. The lowest BCUT2D eigenvalue weighted by Crippen LogP contribution is -2.23. The molecule has 1 aromatic rings. The molecule has 0 aliphatic heterocycles. The Morgan fingerprint density at radius 3 is 1.89 bits per heavy atom. The molecular weight excluding hydrogens is 239 g/mol. The van der Waals surface area contributed by atoms with Gasteiger partial charge in [0, 0.05) is 6.04 Å². The van der Waals surface area contributed by atoms with E-state index in [1.165, 1.54) is 0 Å². The van der Waals surface area contributed by atoms with E-state index in [1.807, 2.05) is 12.1 Å². The van der Waals surface area contributed by atoms with Gasteiger partial charge in [0.25, 0.3) is 0 Å². The van der Waals surface area contributed by atoms with E-state index in [1.54, 1.807) is 19.2 Å². The molecule has 0 aliphatic rings. The van der Waals surface area contributed by atoms with Crippen LogP contribution in [-0.2, 0) is 5.41 Å². The van der Waals surface area contributed by atoms with Gasteiger partial charge in [-0.2, -0.15) is 13.2 Å². The fourth-order valence-electron chi connectivity index (χ4n) is 1.83. The summed E-state index contributed by atoms with van der Waals surface area (Å²) < 4.78 is 37.2. The van der Waals surface area contributed by atoms with Crippen molar-refractivity contribution in [3.8, 4) is 0 Å². The van der Waals surface area contributed by atoms with Gasteiger partial charge in [-0.3, -0.25) is 0 Å². The molecule has 0 amide bonds. The van der Waals surface area contributed by atoms with Crippen molar-refractivity contribution in [3.05, 3.63) is 35.4 Å². The summed E-state index contributed by atoms with van der Waals surface area (Å²) in [4.78, 5) is 0. The maximum absolute atomic E-state index is 12.4. The monoisotopic (exact) mass is 259 g/mol. The van der Waals surface area contributed by atoms with Gasteiger partial charge in [0.2, 0.25) is 0 Å². The predicted molar refractivity (Wildman–Crippen MR) is 67.6 cm³/mol. The van der Waals surface area contributed by atoms with Crippen LogP contribution in [0.1, 0.15) is 44.4 Å². The van der Waals surface area contributed by atoms with Gasteiger partial charge >= 0.3 is 6.18 Å². The van der Waals surface area contributed by atoms with Crippen LogP contribution in [0.25, 0.3) is 0 Å². The molecule has 0 aliphatic carbocycles. The minimum Gasteiger partial charge on any atom is -0.313 e. The van der Waals surface area contributed by atoms with E-state index in [9.17, 15) is 13.2 Å². The first-order valence-corrected chi connectivity index (χ1v) is 5.98. The van der Waals surface area contributed by atoms with Crippen LogP contribution in [0.15, 0.2) is 24.3 Å². The summed E-state index contributed by atoms with van der Waals surface area (Å²) in [5.41, 5.74) is 1.80. The first-order valence-electron chi connectivity index (χ1n) is 5.98. The summed E-state index contributed by atoms with van der Waals surface area (Å²) in [6, 6.07) is 6.66. The second-order valence-corrected chi connectivity index (χ2v) is 5.53. The van der Waals surface area contributed by atoms with Crippen LogP contribution in [0, 0.1) is 0 Å². The van der Waals surface area contributed by atoms with Gasteiger partial charge in [-0.15, -0.1) is 0 Å². The van der Waals surface area contributed by atoms with Crippen LogP contribution >= 0.6 is 0 Å². The Hall–Kier alpha value is -1.03. The fraction of sp³-hybridized carbons (Fsp3) is 0.571. The van der Waals surface area contributed by atoms with Crippen molar-refractivity contribution in [2.24, 2.45) is 0 Å². The number of hydrogen-bond donors (Lipinski definition) is 1. The van der Waals surface area contributed by atoms with Crippen LogP contribution in [0.3, 0.4) is 0 Å². The minimum atomic E-state index is -4.16. The molecule has 18 heavy (non-hydrogen) atoms. The Labute approximate surface area is 106 Å². The molecule has 4 heteroatoms. The average molecular weight is 259 g/mol. The molecule has 0 spiro atoms. The molecule has 0 radical (unpaired) electrons. The highest BCUT2D eigenvalue weighted by Gasteiger charge is 2.32. The van der Waals surface area contributed by atoms with E-state index in [-0.39, 0.29) is 5.41 Å². The van der Waals surface area contributed by atoms with E-state index in [2.05, 4.69) is 26.1 Å². The summed E-state index contributed by atoms with van der Waals surface area (Å²) in [6.45, 7) is 6.23. The third kappa shape index (κ3) is 4.33. The number of halogens is 3. The number of benzene rings is 1. The van der Waals surface area contributed by atoms with Crippen molar-refractivity contribution < 1.29 is 13.2 Å². The highest BCUT2D eigenvalue weighted by molar-refractivity contribution is 5.29. The zero-order valence-electron chi connectivity index (χ0n) is 11.2. The first kappa shape index (κ1) is 15.0. The normalized spacial score (nSPS) is 14.6. The molecule has 1 rings (SSSR count). The standard InChI is InChI=1S/C14H20F3N/c1-13(2,3)11-7-5-10(6-8-11)12(18-4)9-14(15,16)17/h5-8,12,18H,9H2,1-4H3. The van der Waals surface area contributed by atoms with Crippen LogP contribution in [0.5, 0.6) is 0 Å². The van der Waals surface area contributed by atoms with Crippen LogP contribution in [-0.4, -0.2) is 13.2 Å². The van der Waals surface area contributed by atoms with Crippen molar-refractivity contribution in [2.45, 2.75) is 44.8 Å². The summed E-state index contributed by atoms with van der Waals surface area (Å²) >= 11 is 0. The minimum absolute atomic E-state index is 0.0116. The van der Waals surface area contributed by atoms with Crippen LogP contribution in [0.4, 0.5) is 13.2 Å². The maximum Gasteiger partial charge on any atom is 0.390 e. The third-order valence-corrected chi connectivity index (χ3v) is 2.96. The van der Waals surface area contributed by atoms with Crippen molar-refractivity contribution in [2.75, 3.05) is 7.05 Å². The van der Waals surface area contributed by atoms with E-state index < -0.39 is 18.6 Å².